The van der Waals surface area contributed by atoms with Crippen LogP contribution in [0.1, 0.15) is 17.3 Å². The number of nitrogens with one attached hydrogen (secondary N) is 1. The van der Waals surface area contributed by atoms with Crippen molar-refractivity contribution in [3.05, 3.63) is 66.7 Å². The first-order chi connectivity index (χ1) is 11.6. The molecule has 7 nitrogen and oxygen atoms in total. The standard InChI is InChI=1S/C17H14N4O3/c1-12(22)20-14-4-8-16(9-5-14)24-17(23)13-2-6-15(7-3-13)21-11-18-10-19-21/h2-11H,1H3,(H,20,22). The van der Waals surface area contributed by atoms with Crippen molar-refractivity contribution in [2.75, 3.05) is 5.32 Å². The average molecular weight is 322 g/mol. The van der Waals surface area contributed by atoms with Crippen LogP contribution in [0.2, 0.25) is 0 Å². The summed E-state index contributed by atoms with van der Waals surface area (Å²) in [5.41, 5.74) is 1.85. The van der Waals surface area contributed by atoms with Gasteiger partial charge in [0, 0.05) is 12.6 Å². The first-order valence-corrected chi connectivity index (χ1v) is 7.17. The molecule has 0 fully saturated rings. The van der Waals surface area contributed by atoms with Crippen molar-refractivity contribution in [2.24, 2.45) is 0 Å². The van der Waals surface area contributed by atoms with Gasteiger partial charge >= 0.3 is 5.97 Å². The number of carbonyl (C=O) groups is 2. The SMILES string of the molecule is CC(=O)Nc1ccc(OC(=O)c2ccc(-n3cncn3)cc2)cc1. The van der Waals surface area contributed by atoms with Gasteiger partial charge in [0.15, 0.2) is 0 Å². The number of benzene rings is 2. The van der Waals surface area contributed by atoms with E-state index in [1.807, 2.05) is 0 Å². The lowest BCUT2D eigenvalue weighted by atomic mass is 10.2. The molecule has 1 aromatic heterocycles. The van der Waals surface area contributed by atoms with Crippen molar-refractivity contribution in [3.63, 3.8) is 0 Å². The summed E-state index contributed by atoms with van der Waals surface area (Å²) in [6.45, 7) is 1.43. The quantitative estimate of drug-likeness (QED) is 0.589. The summed E-state index contributed by atoms with van der Waals surface area (Å²) in [4.78, 5) is 27.0. The predicted molar refractivity (Wildman–Crippen MR) is 87.1 cm³/mol. The number of aromatic nitrogens is 3. The molecule has 0 aliphatic rings. The third-order valence-corrected chi connectivity index (χ3v) is 3.17. The maximum atomic E-state index is 12.1. The van der Waals surface area contributed by atoms with Crippen molar-refractivity contribution < 1.29 is 14.3 Å². The van der Waals surface area contributed by atoms with Crippen LogP contribution >= 0.6 is 0 Å². The van der Waals surface area contributed by atoms with Crippen LogP contribution in [0, 0.1) is 0 Å². The normalized spacial score (nSPS) is 10.2. The number of ether oxygens (including phenoxy) is 1. The van der Waals surface area contributed by atoms with Crippen LogP contribution in [0.3, 0.4) is 0 Å². The van der Waals surface area contributed by atoms with E-state index in [9.17, 15) is 9.59 Å². The molecule has 3 rings (SSSR count). The minimum Gasteiger partial charge on any atom is -0.423 e. The number of hydrogen-bond acceptors (Lipinski definition) is 5. The number of hydrogen-bond donors (Lipinski definition) is 1. The number of carbonyl (C=O) groups excluding carboxylic acids is 2. The highest BCUT2D eigenvalue weighted by Crippen LogP contribution is 2.17. The van der Waals surface area contributed by atoms with Crippen LogP contribution in [0.15, 0.2) is 61.2 Å². The Morgan fingerprint density at radius 1 is 1.04 bits per heavy atom. The Kier molecular flexibility index (Phi) is 4.33. The Labute approximate surface area is 137 Å². The van der Waals surface area contributed by atoms with Crippen molar-refractivity contribution >= 4 is 17.6 Å². The van der Waals surface area contributed by atoms with Gasteiger partial charge in [0.05, 0.1) is 11.3 Å². The second-order valence-electron chi connectivity index (χ2n) is 4.98. The molecule has 0 aliphatic heterocycles. The van der Waals surface area contributed by atoms with Crippen LogP contribution in [0.5, 0.6) is 5.75 Å². The molecule has 0 atom stereocenters. The minimum atomic E-state index is -0.465. The zero-order valence-corrected chi connectivity index (χ0v) is 12.8. The average Bonchev–Trinajstić information content (AvgIpc) is 3.11. The Morgan fingerprint density at radius 3 is 2.33 bits per heavy atom. The Hall–Kier alpha value is -3.48. The van der Waals surface area contributed by atoms with E-state index in [0.29, 0.717) is 17.0 Å². The Bertz CT molecular complexity index is 841. The molecule has 1 heterocycles. The molecule has 0 saturated carbocycles. The van der Waals surface area contributed by atoms with Crippen molar-refractivity contribution in [1.82, 2.24) is 14.8 Å². The highest BCUT2D eigenvalue weighted by atomic mass is 16.5. The molecular weight excluding hydrogens is 308 g/mol. The van der Waals surface area contributed by atoms with E-state index in [4.69, 9.17) is 4.74 Å². The number of anilines is 1. The molecule has 1 amide bonds. The minimum absolute atomic E-state index is 0.160. The van der Waals surface area contributed by atoms with E-state index in [2.05, 4.69) is 15.4 Å². The molecular formula is C17H14N4O3. The summed E-state index contributed by atoms with van der Waals surface area (Å²) < 4.78 is 6.90. The number of amides is 1. The molecule has 0 unspecified atom stereocenters. The number of rotatable bonds is 4. The fraction of sp³-hybridized carbons (Fsp3) is 0.0588. The lowest BCUT2D eigenvalue weighted by Crippen LogP contribution is -2.09. The van der Waals surface area contributed by atoms with Crippen LogP contribution in [0.4, 0.5) is 5.69 Å². The molecule has 0 bridgehead atoms. The van der Waals surface area contributed by atoms with Crippen molar-refractivity contribution in [3.8, 4) is 11.4 Å². The largest absolute Gasteiger partial charge is 0.423 e. The number of nitrogens with zero attached hydrogens (tertiary/aromatic N) is 3. The lowest BCUT2D eigenvalue weighted by molar-refractivity contribution is -0.114. The van der Waals surface area contributed by atoms with E-state index in [-0.39, 0.29) is 5.91 Å². The molecule has 7 heteroatoms. The topological polar surface area (TPSA) is 86.1 Å². The van der Waals surface area contributed by atoms with Gasteiger partial charge in [0.1, 0.15) is 18.4 Å². The van der Waals surface area contributed by atoms with E-state index in [1.54, 1.807) is 59.5 Å². The van der Waals surface area contributed by atoms with Crippen LogP contribution < -0.4 is 10.1 Å². The molecule has 0 spiro atoms. The fourth-order valence-corrected chi connectivity index (χ4v) is 2.07. The van der Waals surface area contributed by atoms with Gasteiger partial charge in [-0.05, 0) is 48.5 Å². The van der Waals surface area contributed by atoms with E-state index in [1.165, 1.54) is 13.3 Å². The highest BCUT2D eigenvalue weighted by molar-refractivity contribution is 5.91. The van der Waals surface area contributed by atoms with Gasteiger partial charge in [-0.2, -0.15) is 5.10 Å². The van der Waals surface area contributed by atoms with Gasteiger partial charge in [-0.15, -0.1) is 0 Å². The second kappa shape index (κ2) is 6.74. The lowest BCUT2D eigenvalue weighted by Gasteiger charge is -2.07. The van der Waals surface area contributed by atoms with E-state index < -0.39 is 5.97 Å². The van der Waals surface area contributed by atoms with Gasteiger partial charge in [-0.25, -0.2) is 14.5 Å². The number of esters is 1. The molecule has 0 aliphatic carbocycles. The first-order valence-electron chi connectivity index (χ1n) is 7.17. The van der Waals surface area contributed by atoms with Crippen molar-refractivity contribution in [2.45, 2.75) is 6.92 Å². The summed E-state index contributed by atoms with van der Waals surface area (Å²) in [5, 5.41) is 6.66. The van der Waals surface area contributed by atoms with Crippen LogP contribution in [-0.2, 0) is 4.79 Å². The van der Waals surface area contributed by atoms with Gasteiger partial charge in [-0.1, -0.05) is 0 Å². The third-order valence-electron chi connectivity index (χ3n) is 3.17. The molecule has 3 aromatic rings. The van der Waals surface area contributed by atoms with Gasteiger partial charge < -0.3 is 10.1 Å². The van der Waals surface area contributed by atoms with Gasteiger partial charge in [0.25, 0.3) is 0 Å². The van der Waals surface area contributed by atoms with E-state index >= 15 is 0 Å². The molecule has 24 heavy (non-hydrogen) atoms. The summed E-state index contributed by atoms with van der Waals surface area (Å²) in [5.74, 6) is -0.228. The van der Waals surface area contributed by atoms with Gasteiger partial charge in [-0.3, -0.25) is 4.79 Å². The molecule has 2 aromatic carbocycles. The van der Waals surface area contributed by atoms with Crippen molar-refractivity contribution in [1.29, 1.82) is 0 Å². The smallest absolute Gasteiger partial charge is 0.343 e. The van der Waals surface area contributed by atoms with E-state index in [0.717, 1.165) is 5.69 Å². The molecule has 120 valence electrons. The summed E-state index contributed by atoms with van der Waals surface area (Å²) in [6.07, 6.45) is 3.01. The second-order valence-corrected chi connectivity index (χ2v) is 4.98. The first kappa shape index (κ1) is 15.4. The Morgan fingerprint density at radius 2 is 1.75 bits per heavy atom. The molecule has 0 radical (unpaired) electrons. The van der Waals surface area contributed by atoms with Crippen LogP contribution in [0.25, 0.3) is 5.69 Å². The van der Waals surface area contributed by atoms with Gasteiger partial charge in [0.2, 0.25) is 5.91 Å². The zero-order valence-electron chi connectivity index (χ0n) is 12.8. The Balaban J connectivity index is 1.67. The summed E-state index contributed by atoms with van der Waals surface area (Å²) >= 11 is 0. The maximum absolute atomic E-state index is 12.1. The summed E-state index contributed by atoms with van der Waals surface area (Å²) in [6, 6.07) is 13.4. The fourth-order valence-electron chi connectivity index (χ4n) is 2.07. The highest BCUT2D eigenvalue weighted by Gasteiger charge is 2.09. The molecule has 1 N–H and O–H groups in total. The van der Waals surface area contributed by atoms with Crippen LogP contribution in [-0.4, -0.2) is 26.6 Å². The monoisotopic (exact) mass is 322 g/mol. The summed E-state index contributed by atoms with van der Waals surface area (Å²) in [7, 11) is 0. The molecule has 0 saturated heterocycles. The maximum Gasteiger partial charge on any atom is 0.343 e. The zero-order chi connectivity index (χ0) is 16.9. The third kappa shape index (κ3) is 3.64. The predicted octanol–water partition coefficient (Wildman–Crippen LogP) is 2.44.